The summed E-state index contributed by atoms with van der Waals surface area (Å²) in [6.45, 7) is 1.88. The number of hydrogen-bond donors (Lipinski definition) is 2. The molecule has 0 amide bonds. The zero-order valence-corrected chi connectivity index (χ0v) is 13.0. The molecule has 1 heterocycles. The third-order valence-corrected chi connectivity index (χ3v) is 3.20. The summed E-state index contributed by atoms with van der Waals surface area (Å²) in [6, 6.07) is 9.05. The van der Waals surface area contributed by atoms with E-state index in [4.69, 9.17) is 10.5 Å². The number of halogens is 1. The molecule has 1 aromatic heterocycles. The maximum absolute atomic E-state index is 11.9. The molecule has 2 rings (SSSR count). The molecule has 2 aromatic rings. The molecule has 0 unspecified atom stereocenters. The lowest BCUT2D eigenvalue weighted by atomic mass is 10.3. The first-order valence-electron chi connectivity index (χ1n) is 6.58. The van der Waals surface area contributed by atoms with E-state index in [2.05, 4.69) is 26.3 Å². The van der Waals surface area contributed by atoms with Crippen molar-refractivity contribution < 1.29 is 4.74 Å². The minimum absolute atomic E-state index is 0.171. The maximum atomic E-state index is 11.9. The molecular weight excluding hydrogens is 336 g/mol. The molecule has 6 nitrogen and oxygen atoms in total. The smallest absolute Gasteiger partial charge is 0.268 e. The Labute approximate surface area is 131 Å². The van der Waals surface area contributed by atoms with E-state index in [1.807, 2.05) is 24.3 Å². The van der Waals surface area contributed by atoms with E-state index in [9.17, 15) is 4.79 Å². The first-order chi connectivity index (χ1) is 10.2. The van der Waals surface area contributed by atoms with E-state index in [1.54, 1.807) is 6.20 Å². The average molecular weight is 353 g/mol. The summed E-state index contributed by atoms with van der Waals surface area (Å²) in [4.78, 5) is 11.9. The third-order valence-electron chi connectivity index (χ3n) is 2.71. The van der Waals surface area contributed by atoms with Crippen LogP contribution in [-0.2, 0) is 6.54 Å². The number of aromatic nitrogens is 2. The van der Waals surface area contributed by atoms with Crippen LogP contribution < -0.4 is 21.3 Å². The number of ether oxygens (including phenoxy) is 1. The predicted octanol–water partition coefficient (Wildman–Crippen LogP) is 1.46. The average Bonchev–Trinajstić information content (AvgIpc) is 2.47. The van der Waals surface area contributed by atoms with Crippen LogP contribution in [0.4, 0.5) is 5.69 Å². The molecule has 0 saturated carbocycles. The van der Waals surface area contributed by atoms with E-state index in [0.29, 0.717) is 31.9 Å². The number of nitrogens with one attached hydrogen (secondary N) is 1. The van der Waals surface area contributed by atoms with Gasteiger partial charge in [0.1, 0.15) is 12.4 Å². The van der Waals surface area contributed by atoms with Crippen LogP contribution in [-0.4, -0.2) is 29.5 Å². The van der Waals surface area contributed by atoms with Gasteiger partial charge in [-0.25, -0.2) is 4.68 Å². The highest BCUT2D eigenvalue weighted by Gasteiger charge is 2.01. The van der Waals surface area contributed by atoms with E-state index in [1.165, 1.54) is 10.7 Å². The number of anilines is 1. The van der Waals surface area contributed by atoms with Crippen LogP contribution in [0.25, 0.3) is 0 Å². The SMILES string of the molecule is NCCNc1cnn(CCOc2cccc(Br)c2)c(=O)c1. The molecule has 7 heteroatoms. The summed E-state index contributed by atoms with van der Waals surface area (Å²) >= 11 is 3.38. The van der Waals surface area contributed by atoms with Crippen LogP contribution in [0.2, 0.25) is 0 Å². The van der Waals surface area contributed by atoms with Crippen LogP contribution in [0.5, 0.6) is 5.75 Å². The van der Waals surface area contributed by atoms with Crippen molar-refractivity contribution in [2.75, 3.05) is 25.0 Å². The molecular formula is C14H17BrN4O2. The highest BCUT2D eigenvalue weighted by Crippen LogP contribution is 2.17. The fraction of sp³-hybridized carbons (Fsp3) is 0.286. The quantitative estimate of drug-likeness (QED) is 0.788. The molecule has 0 atom stereocenters. The Morgan fingerprint density at radius 2 is 2.24 bits per heavy atom. The second-order valence-electron chi connectivity index (χ2n) is 4.33. The minimum atomic E-state index is -0.171. The molecule has 1 aromatic carbocycles. The number of nitrogens with two attached hydrogens (primary N) is 1. The Kier molecular flexibility index (Phi) is 5.77. The Balaban J connectivity index is 1.90. The Hall–Kier alpha value is -1.86. The molecule has 0 bridgehead atoms. The molecule has 0 aliphatic rings. The van der Waals surface area contributed by atoms with Gasteiger partial charge in [0.25, 0.3) is 5.56 Å². The third kappa shape index (κ3) is 4.87. The second kappa shape index (κ2) is 7.80. The zero-order chi connectivity index (χ0) is 15.1. The number of nitrogens with zero attached hydrogens (tertiary/aromatic N) is 2. The maximum Gasteiger partial charge on any atom is 0.268 e. The van der Waals surface area contributed by atoms with Gasteiger partial charge >= 0.3 is 0 Å². The first kappa shape index (κ1) is 15.5. The Bertz CT molecular complexity index is 645. The van der Waals surface area contributed by atoms with Crippen LogP contribution in [0.15, 0.2) is 45.8 Å². The summed E-state index contributed by atoms with van der Waals surface area (Å²) in [5.74, 6) is 0.749. The van der Waals surface area contributed by atoms with Gasteiger partial charge in [-0.15, -0.1) is 0 Å². The van der Waals surface area contributed by atoms with Crippen LogP contribution in [0.3, 0.4) is 0 Å². The topological polar surface area (TPSA) is 82.2 Å². The van der Waals surface area contributed by atoms with Crippen LogP contribution >= 0.6 is 15.9 Å². The summed E-state index contributed by atoms with van der Waals surface area (Å²) in [5, 5.41) is 7.10. The lowest BCUT2D eigenvalue weighted by Gasteiger charge is -2.09. The lowest BCUT2D eigenvalue weighted by Crippen LogP contribution is -2.26. The van der Waals surface area contributed by atoms with E-state index < -0.39 is 0 Å². The predicted molar refractivity (Wildman–Crippen MR) is 85.7 cm³/mol. The van der Waals surface area contributed by atoms with Crippen molar-refractivity contribution in [1.82, 2.24) is 9.78 Å². The van der Waals surface area contributed by atoms with E-state index in [-0.39, 0.29) is 5.56 Å². The largest absolute Gasteiger partial charge is 0.492 e. The number of rotatable bonds is 7. The van der Waals surface area contributed by atoms with Crippen molar-refractivity contribution in [3.63, 3.8) is 0 Å². The molecule has 0 fully saturated rings. The molecule has 112 valence electrons. The molecule has 0 spiro atoms. The fourth-order valence-corrected chi connectivity index (χ4v) is 2.10. The van der Waals surface area contributed by atoms with Crippen molar-refractivity contribution in [1.29, 1.82) is 0 Å². The van der Waals surface area contributed by atoms with Gasteiger partial charge in [0.05, 0.1) is 18.4 Å². The van der Waals surface area contributed by atoms with E-state index in [0.717, 1.165) is 10.2 Å². The zero-order valence-electron chi connectivity index (χ0n) is 11.5. The molecule has 21 heavy (non-hydrogen) atoms. The lowest BCUT2D eigenvalue weighted by molar-refractivity contribution is 0.287. The van der Waals surface area contributed by atoms with Crippen LogP contribution in [0, 0.1) is 0 Å². The van der Waals surface area contributed by atoms with Gasteiger partial charge in [0.2, 0.25) is 0 Å². The molecule has 0 radical (unpaired) electrons. The Morgan fingerprint density at radius 3 is 2.95 bits per heavy atom. The van der Waals surface area contributed by atoms with Crippen molar-refractivity contribution in [2.24, 2.45) is 5.73 Å². The van der Waals surface area contributed by atoms with Gasteiger partial charge in [-0.1, -0.05) is 22.0 Å². The van der Waals surface area contributed by atoms with Crippen molar-refractivity contribution in [3.05, 3.63) is 51.4 Å². The molecule has 0 aliphatic heterocycles. The summed E-state index contributed by atoms with van der Waals surface area (Å²) in [6.07, 6.45) is 1.61. The van der Waals surface area contributed by atoms with Crippen LogP contribution in [0.1, 0.15) is 0 Å². The molecule has 0 saturated heterocycles. The molecule has 0 aliphatic carbocycles. The first-order valence-corrected chi connectivity index (χ1v) is 7.38. The number of hydrogen-bond acceptors (Lipinski definition) is 5. The standard InChI is InChI=1S/C14H17BrN4O2/c15-11-2-1-3-13(8-11)21-7-6-19-14(20)9-12(10-18-19)17-5-4-16/h1-3,8-10,17H,4-7,16H2. The summed E-state index contributed by atoms with van der Waals surface area (Å²) in [5.41, 5.74) is 5.89. The second-order valence-corrected chi connectivity index (χ2v) is 5.24. The summed E-state index contributed by atoms with van der Waals surface area (Å²) in [7, 11) is 0. The van der Waals surface area contributed by atoms with Crippen molar-refractivity contribution in [2.45, 2.75) is 6.54 Å². The molecule has 3 N–H and O–H groups in total. The monoisotopic (exact) mass is 352 g/mol. The number of benzene rings is 1. The van der Waals surface area contributed by atoms with Crippen molar-refractivity contribution in [3.8, 4) is 5.75 Å². The van der Waals surface area contributed by atoms with Crippen molar-refractivity contribution >= 4 is 21.6 Å². The van der Waals surface area contributed by atoms with Gasteiger partial charge in [0.15, 0.2) is 0 Å². The van der Waals surface area contributed by atoms with Gasteiger partial charge in [0, 0.05) is 23.6 Å². The van der Waals surface area contributed by atoms with Gasteiger partial charge in [-0.3, -0.25) is 4.79 Å². The highest BCUT2D eigenvalue weighted by atomic mass is 79.9. The minimum Gasteiger partial charge on any atom is -0.492 e. The van der Waals surface area contributed by atoms with Gasteiger partial charge in [-0.2, -0.15) is 5.10 Å². The normalized spacial score (nSPS) is 10.4. The Morgan fingerprint density at radius 1 is 1.38 bits per heavy atom. The fourth-order valence-electron chi connectivity index (χ4n) is 1.72. The van der Waals surface area contributed by atoms with Gasteiger partial charge < -0.3 is 15.8 Å². The summed E-state index contributed by atoms with van der Waals surface area (Å²) < 4.78 is 7.90. The highest BCUT2D eigenvalue weighted by molar-refractivity contribution is 9.10. The van der Waals surface area contributed by atoms with Gasteiger partial charge in [-0.05, 0) is 18.2 Å². The van der Waals surface area contributed by atoms with E-state index >= 15 is 0 Å².